The quantitative estimate of drug-likeness (QED) is 0.516. The van der Waals surface area contributed by atoms with Crippen molar-refractivity contribution in [3.63, 3.8) is 0 Å². The Bertz CT molecular complexity index is 684. The Morgan fingerprint density at radius 3 is 2.59 bits per heavy atom. The van der Waals surface area contributed by atoms with Gasteiger partial charge in [-0.05, 0) is 37.6 Å². The maximum Gasteiger partial charge on any atom is 0.319 e. The standard InChI is InChI=1S/C15H17N3O3S/c1-9-5-3-4-6-11(9)17-15(20)16-10(2)12-7-8-13(22-12)14(19)18-21/h3-8,10,21H,1-2H3,(H,18,19)(H2,16,17,20). The Morgan fingerprint density at radius 2 is 1.91 bits per heavy atom. The monoisotopic (exact) mass is 319 g/mol. The van der Waals surface area contributed by atoms with Crippen molar-refractivity contribution < 1.29 is 14.8 Å². The molecule has 116 valence electrons. The van der Waals surface area contributed by atoms with Crippen LogP contribution in [0.2, 0.25) is 0 Å². The van der Waals surface area contributed by atoms with Gasteiger partial charge in [0, 0.05) is 10.6 Å². The summed E-state index contributed by atoms with van der Waals surface area (Å²) in [6, 6.07) is 10.3. The molecule has 1 atom stereocenters. The summed E-state index contributed by atoms with van der Waals surface area (Å²) in [5.41, 5.74) is 3.31. The molecule has 7 heteroatoms. The van der Waals surface area contributed by atoms with Gasteiger partial charge < -0.3 is 10.6 Å². The molecule has 0 aliphatic heterocycles. The van der Waals surface area contributed by atoms with Crippen LogP contribution in [0.4, 0.5) is 10.5 Å². The van der Waals surface area contributed by atoms with E-state index in [1.807, 2.05) is 38.1 Å². The third kappa shape index (κ3) is 3.84. The molecule has 0 aliphatic carbocycles. The smallest absolute Gasteiger partial charge is 0.319 e. The molecule has 0 saturated heterocycles. The summed E-state index contributed by atoms with van der Waals surface area (Å²) in [6.07, 6.45) is 0. The number of hydroxylamine groups is 1. The first-order valence-electron chi connectivity index (χ1n) is 6.68. The molecule has 0 spiro atoms. The number of carbonyl (C=O) groups is 2. The van der Waals surface area contributed by atoms with E-state index in [9.17, 15) is 9.59 Å². The molecule has 22 heavy (non-hydrogen) atoms. The van der Waals surface area contributed by atoms with Crippen LogP contribution >= 0.6 is 11.3 Å². The van der Waals surface area contributed by atoms with Gasteiger partial charge >= 0.3 is 6.03 Å². The number of nitrogens with one attached hydrogen (secondary N) is 3. The first-order valence-corrected chi connectivity index (χ1v) is 7.50. The van der Waals surface area contributed by atoms with Crippen LogP contribution in [-0.2, 0) is 0 Å². The van der Waals surface area contributed by atoms with Crippen molar-refractivity contribution in [3.05, 3.63) is 51.7 Å². The van der Waals surface area contributed by atoms with Crippen molar-refractivity contribution >= 4 is 29.0 Å². The van der Waals surface area contributed by atoms with Gasteiger partial charge in [0.25, 0.3) is 5.91 Å². The van der Waals surface area contributed by atoms with E-state index in [0.29, 0.717) is 4.88 Å². The fourth-order valence-corrected chi connectivity index (χ4v) is 2.80. The first kappa shape index (κ1) is 16.0. The lowest BCUT2D eigenvalue weighted by atomic mass is 10.2. The summed E-state index contributed by atoms with van der Waals surface area (Å²) >= 11 is 1.21. The van der Waals surface area contributed by atoms with E-state index in [4.69, 9.17) is 5.21 Å². The van der Waals surface area contributed by atoms with Crippen molar-refractivity contribution in [1.29, 1.82) is 0 Å². The van der Waals surface area contributed by atoms with Crippen molar-refractivity contribution in [3.8, 4) is 0 Å². The first-order chi connectivity index (χ1) is 10.5. The normalized spacial score (nSPS) is 11.6. The van der Waals surface area contributed by atoms with E-state index >= 15 is 0 Å². The molecule has 6 nitrogen and oxygen atoms in total. The van der Waals surface area contributed by atoms with Crippen LogP contribution in [0, 0.1) is 6.92 Å². The number of para-hydroxylation sites is 1. The molecule has 0 fully saturated rings. The van der Waals surface area contributed by atoms with Crippen LogP contribution < -0.4 is 16.1 Å². The zero-order valence-corrected chi connectivity index (χ0v) is 13.0. The molecule has 0 bridgehead atoms. The van der Waals surface area contributed by atoms with Crippen LogP contribution in [0.3, 0.4) is 0 Å². The van der Waals surface area contributed by atoms with Crippen molar-refractivity contribution in [1.82, 2.24) is 10.8 Å². The summed E-state index contributed by atoms with van der Waals surface area (Å²) in [6.45, 7) is 3.74. The van der Waals surface area contributed by atoms with E-state index in [2.05, 4.69) is 10.6 Å². The van der Waals surface area contributed by atoms with Gasteiger partial charge in [-0.15, -0.1) is 11.3 Å². The number of carbonyl (C=O) groups excluding carboxylic acids is 2. The molecule has 1 aromatic carbocycles. The number of hydrogen-bond donors (Lipinski definition) is 4. The lowest BCUT2D eigenvalue weighted by Gasteiger charge is -2.14. The van der Waals surface area contributed by atoms with E-state index in [0.717, 1.165) is 16.1 Å². The number of thiophene rings is 1. The minimum absolute atomic E-state index is 0.255. The summed E-state index contributed by atoms with van der Waals surface area (Å²) in [4.78, 5) is 24.5. The number of urea groups is 1. The maximum absolute atomic E-state index is 12.0. The number of hydrogen-bond acceptors (Lipinski definition) is 4. The van der Waals surface area contributed by atoms with Crippen LogP contribution in [0.1, 0.15) is 33.1 Å². The van der Waals surface area contributed by atoms with Gasteiger partial charge in [0.2, 0.25) is 0 Å². The maximum atomic E-state index is 12.0. The summed E-state index contributed by atoms with van der Waals surface area (Å²) < 4.78 is 0. The van der Waals surface area contributed by atoms with E-state index in [1.54, 1.807) is 17.6 Å². The van der Waals surface area contributed by atoms with Crippen LogP contribution in [-0.4, -0.2) is 17.1 Å². The fourth-order valence-electron chi connectivity index (χ4n) is 1.90. The lowest BCUT2D eigenvalue weighted by molar-refractivity contribution is 0.0711. The summed E-state index contributed by atoms with van der Waals surface area (Å²) in [5.74, 6) is -0.562. The van der Waals surface area contributed by atoms with E-state index < -0.39 is 5.91 Å². The molecule has 2 aromatic rings. The molecule has 2 rings (SSSR count). The fraction of sp³-hybridized carbons (Fsp3) is 0.200. The Kier molecular flexibility index (Phi) is 5.13. The highest BCUT2D eigenvalue weighted by molar-refractivity contribution is 7.14. The van der Waals surface area contributed by atoms with Gasteiger partial charge in [0.15, 0.2) is 0 Å². The second-order valence-electron chi connectivity index (χ2n) is 4.78. The second-order valence-corrected chi connectivity index (χ2v) is 5.89. The van der Waals surface area contributed by atoms with Crippen LogP contribution in [0.5, 0.6) is 0 Å². The third-order valence-corrected chi connectivity index (χ3v) is 4.39. The Hall–Kier alpha value is -2.38. The van der Waals surface area contributed by atoms with E-state index in [-0.39, 0.29) is 12.1 Å². The Labute approximate surface area is 132 Å². The van der Waals surface area contributed by atoms with Crippen LogP contribution in [0.15, 0.2) is 36.4 Å². The third-order valence-electron chi connectivity index (χ3n) is 3.12. The lowest BCUT2D eigenvalue weighted by Crippen LogP contribution is -2.31. The molecule has 1 aromatic heterocycles. The van der Waals surface area contributed by atoms with E-state index in [1.165, 1.54) is 11.3 Å². The molecule has 1 unspecified atom stereocenters. The van der Waals surface area contributed by atoms with Crippen molar-refractivity contribution in [2.45, 2.75) is 19.9 Å². The Morgan fingerprint density at radius 1 is 1.18 bits per heavy atom. The zero-order chi connectivity index (χ0) is 16.1. The summed E-state index contributed by atoms with van der Waals surface area (Å²) in [7, 11) is 0. The topological polar surface area (TPSA) is 90.5 Å². The van der Waals surface area contributed by atoms with Gasteiger partial charge in [-0.3, -0.25) is 10.0 Å². The highest BCUT2D eigenvalue weighted by Gasteiger charge is 2.15. The van der Waals surface area contributed by atoms with Gasteiger partial charge in [0.05, 0.1) is 10.9 Å². The molecule has 1 heterocycles. The molecule has 0 saturated carbocycles. The number of aryl methyl sites for hydroxylation is 1. The SMILES string of the molecule is Cc1ccccc1NC(=O)NC(C)c1ccc(C(=O)NO)s1. The predicted molar refractivity (Wildman–Crippen MR) is 85.3 cm³/mol. The molecule has 4 N–H and O–H groups in total. The average molecular weight is 319 g/mol. The van der Waals surface area contributed by atoms with Crippen LogP contribution in [0.25, 0.3) is 0 Å². The van der Waals surface area contributed by atoms with Gasteiger partial charge in [-0.2, -0.15) is 0 Å². The number of benzene rings is 1. The predicted octanol–water partition coefficient (Wildman–Crippen LogP) is 3.06. The number of anilines is 1. The minimum atomic E-state index is -0.562. The highest BCUT2D eigenvalue weighted by Crippen LogP contribution is 2.23. The zero-order valence-electron chi connectivity index (χ0n) is 12.2. The highest BCUT2D eigenvalue weighted by atomic mass is 32.1. The minimum Gasteiger partial charge on any atom is -0.331 e. The van der Waals surface area contributed by atoms with Gasteiger partial charge in [-0.25, -0.2) is 10.3 Å². The molecular weight excluding hydrogens is 302 g/mol. The van der Waals surface area contributed by atoms with Crippen molar-refractivity contribution in [2.75, 3.05) is 5.32 Å². The molecular formula is C15H17N3O3S. The molecule has 0 aliphatic rings. The number of rotatable bonds is 4. The molecule has 0 radical (unpaired) electrons. The largest absolute Gasteiger partial charge is 0.331 e. The van der Waals surface area contributed by atoms with Crippen molar-refractivity contribution in [2.24, 2.45) is 0 Å². The van der Waals surface area contributed by atoms with Gasteiger partial charge in [0.1, 0.15) is 0 Å². The van der Waals surface area contributed by atoms with Gasteiger partial charge in [-0.1, -0.05) is 18.2 Å². The molecule has 3 amide bonds. The second kappa shape index (κ2) is 7.06. The summed E-state index contributed by atoms with van der Waals surface area (Å²) in [5, 5.41) is 14.2. The average Bonchev–Trinajstić information content (AvgIpc) is 2.98. The Balaban J connectivity index is 1.98. The number of amides is 3.